The Bertz CT molecular complexity index is 1230. The summed E-state index contributed by atoms with van der Waals surface area (Å²) in [5.74, 6) is -0.608. The van der Waals surface area contributed by atoms with E-state index in [9.17, 15) is 14.9 Å². The Morgan fingerprint density at radius 3 is 2.23 bits per heavy atom. The van der Waals surface area contributed by atoms with Crippen LogP contribution < -0.4 is 10.9 Å². The van der Waals surface area contributed by atoms with Crippen LogP contribution in [0, 0.1) is 39.0 Å². The van der Waals surface area contributed by atoms with Gasteiger partial charge < -0.3 is 5.32 Å². The Morgan fingerprint density at radius 1 is 1.07 bits per heavy atom. The number of nitrogens with one attached hydrogen (secondary N) is 1. The number of nitriles is 1. The number of hydrogen-bond donors (Lipinski definition) is 1. The van der Waals surface area contributed by atoms with E-state index in [0.717, 1.165) is 22.3 Å². The zero-order chi connectivity index (χ0) is 22.0. The molecule has 1 heterocycles. The minimum absolute atomic E-state index is 0.0565. The summed E-state index contributed by atoms with van der Waals surface area (Å²) in [5.41, 5.74) is 4.95. The molecule has 0 aliphatic rings. The molecule has 0 saturated carbocycles. The van der Waals surface area contributed by atoms with Gasteiger partial charge in [-0.05, 0) is 62.6 Å². The van der Waals surface area contributed by atoms with E-state index in [4.69, 9.17) is 0 Å². The lowest BCUT2D eigenvalue weighted by Crippen LogP contribution is -2.23. The van der Waals surface area contributed by atoms with Crippen LogP contribution in [-0.4, -0.2) is 15.3 Å². The van der Waals surface area contributed by atoms with Crippen molar-refractivity contribution >= 4 is 17.7 Å². The van der Waals surface area contributed by atoms with E-state index in [1.165, 1.54) is 4.68 Å². The highest BCUT2D eigenvalue weighted by atomic mass is 16.2. The first-order valence-corrected chi connectivity index (χ1v) is 9.59. The number of rotatable bonds is 4. The van der Waals surface area contributed by atoms with Crippen LogP contribution in [0.15, 0.2) is 52.8 Å². The highest BCUT2D eigenvalue weighted by molar-refractivity contribution is 6.10. The SMILES string of the molecule is Cc1cc(C)c(/C=C(\C#N)C(=O)Nc2c(C)n(C)n(-c3ccccc3)c2=O)c(C)c1. The monoisotopic (exact) mass is 400 g/mol. The summed E-state index contributed by atoms with van der Waals surface area (Å²) in [7, 11) is 1.75. The van der Waals surface area contributed by atoms with Gasteiger partial charge in [0.05, 0.1) is 11.4 Å². The third-order valence-corrected chi connectivity index (χ3v) is 5.18. The van der Waals surface area contributed by atoms with Gasteiger partial charge in [0.1, 0.15) is 17.3 Å². The maximum Gasteiger partial charge on any atom is 0.295 e. The van der Waals surface area contributed by atoms with Crippen LogP contribution in [0.4, 0.5) is 5.69 Å². The Labute approximate surface area is 175 Å². The van der Waals surface area contributed by atoms with Crippen molar-refractivity contribution in [1.29, 1.82) is 5.26 Å². The number of aromatic nitrogens is 2. The number of aryl methyl sites for hydroxylation is 3. The maximum atomic E-state index is 13.0. The number of amides is 1. The van der Waals surface area contributed by atoms with E-state index in [-0.39, 0.29) is 16.8 Å². The Hall–Kier alpha value is -3.85. The Kier molecular flexibility index (Phi) is 5.74. The molecule has 0 spiro atoms. The van der Waals surface area contributed by atoms with Gasteiger partial charge in [-0.25, -0.2) is 4.68 Å². The van der Waals surface area contributed by atoms with E-state index >= 15 is 0 Å². The van der Waals surface area contributed by atoms with E-state index in [1.807, 2.05) is 69.3 Å². The molecule has 1 aromatic heterocycles. The molecule has 0 unspecified atom stereocenters. The third-order valence-electron chi connectivity index (χ3n) is 5.18. The second-order valence-electron chi connectivity index (χ2n) is 7.37. The molecule has 0 aliphatic heterocycles. The predicted molar refractivity (Wildman–Crippen MR) is 119 cm³/mol. The van der Waals surface area contributed by atoms with Gasteiger partial charge in [-0.1, -0.05) is 35.9 Å². The summed E-state index contributed by atoms with van der Waals surface area (Å²) >= 11 is 0. The minimum atomic E-state index is -0.608. The summed E-state index contributed by atoms with van der Waals surface area (Å²) in [6.07, 6.45) is 1.58. The summed E-state index contributed by atoms with van der Waals surface area (Å²) in [6, 6.07) is 15.2. The van der Waals surface area contributed by atoms with Crippen molar-refractivity contribution in [3.8, 4) is 11.8 Å². The molecule has 3 aromatic rings. The summed E-state index contributed by atoms with van der Waals surface area (Å²) in [4.78, 5) is 25.8. The molecule has 6 heteroatoms. The van der Waals surface area contributed by atoms with Crippen molar-refractivity contribution in [3.63, 3.8) is 0 Å². The lowest BCUT2D eigenvalue weighted by Gasteiger charge is -2.08. The highest BCUT2D eigenvalue weighted by Gasteiger charge is 2.20. The smallest absolute Gasteiger partial charge is 0.295 e. The molecule has 0 fully saturated rings. The molecule has 0 saturated heterocycles. The fourth-order valence-electron chi connectivity index (χ4n) is 3.60. The summed E-state index contributed by atoms with van der Waals surface area (Å²) in [5, 5.41) is 12.2. The summed E-state index contributed by atoms with van der Waals surface area (Å²) < 4.78 is 3.16. The van der Waals surface area contributed by atoms with Gasteiger partial charge in [0.25, 0.3) is 11.5 Å². The molecular weight excluding hydrogens is 376 g/mol. The van der Waals surface area contributed by atoms with E-state index < -0.39 is 5.91 Å². The molecule has 0 radical (unpaired) electrons. The molecule has 6 nitrogen and oxygen atoms in total. The van der Waals surface area contributed by atoms with Gasteiger partial charge in [-0.2, -0.15) is 5.26 Å². The lowest BCUT2D eigenvalue weighted by atomic mass is 9.98. The van der Waals surface area contributed by atoms with Crippen molar-refractivity contribution in [2.24, 2.45) is 7.05 Å². The third kappa shape index (κ3) is 3.83. The molecule has 0 bridgehead atoms. The number of carbonyl (C=O) groups excluding carboxylic acids is 1. The van der Waals surface area contributed by atoms with E-state index in [2.05, 4.69) is 5.32 Å². The van der Waals surface area contributed by atoms with Crippen LogP contribution >= 0.6 is 0 Å². The minimum Gasteiger partial charge on any atom is -0.315 e. The van der Waals surface area contributed by atoms with Crippen LogP contribution in [0.3, 0.4) is 0 Å². The van der Waals surface area contributed by atoms with Gasteiger partial charge >= 0.3 is 0 Å². The van der Waals surface area contributed by atoms with Crippen molar-refractivity contribution in [2.75, 3.05) is 5.32 Å². The molecule has 0 atom stereocenters. The normalized spacial score (nSPS) is 11.3. The van der Waals surface area contributed by atoms with E-state index in [1.54, 1.807) is 24.7 Å². The maximum absolute atomic E-state index is 13.0. The van der Waals surface area contributed by atoms with Gasteiger partial charge in [-0.15, -0.1) is 0 Å². The fraction of sp³-hybridized carbons (Fsp3) is 0.208. The Balaban J connectivity index is 2.00. The molecular formula is C24H24N4O2. The van der Waals surface area contributed by atoms with Gasteiger partial charge in [0, 0.05) is 7.05 Å². The largest absolute Gasteiger partial charge is 0.315 e. The highest BCUT2D eigenvalue weighted by Crippen LogP contribution is 2.20. The van der Waals surface area contributed by atoms with Crippen LogP contribution in [0.25, 0.3) is 11.8 Å². The molecule has 1 amide bonds. The molecule has 30 heavy (non-hydrogen) atoms. The second kappa shape index (κ2) is 8.26. The van der Waals surface area contributed by atoms with Crippen molar-refractivity contribution < 1.29 is 4.79 Å². The number of hydrogen-bond acceptors (Lipinski definition) is 3. The van der Waals surface area contributed by atoms with Gasteiger partial charge in [0.15, 0.2) is 0 Å². The van der Waals surface area contributed by atoms with E-state index in [0.29, 0.717) is 11.4 Å². The zero-order valence-electron chi connectivity index (χ0n) is 17.8. The molecule has 1 N–H and O–H groups in total. The second-order valence-corrected chi connectivity index (χ2v) is 7.37. The topological polar surface area (TPSA) is 79.8 Å². The standard InChI is InChI=1S/C24H24N4O2/c1-15-11-16(2)21(17(3)12-15)13-19(14-25)23(29)26-22-18(4)27(5)28(24(22)30)20-9-7-6-8-10-20/h6-13H,1-5H3,(H,26,29)/b19-13+. The first-order chi connectivity index (χ1) is 14.2. The average molecular weight is 400 g/mol. The average Bonchev–Trinajstić information content (AvgIpc) is 2.91. The quantitative estimate of drug-likeness (QED) is 0.532. The van der Waals surface area contributed by atoms with Crippen LogP contribution in [0.1, 0.15) is 27.9 Å². The number of nitrogens with zero attached hydrogens (tertiary/aromatic N) is 3. The molecule has 152 valence electrons. The molecule has 0 aliphatic carbocycles. The van der Waals surface area contributed by atoms with Crippen molar-refractivity contribution in [2.45, 2.75) is 27.7 Å². The Morgan fingerprint density at radius 2 is 1.67 bits per heavy atom. The molecule has 2 aromatic carbocycles. The predicted octanol–water partition coefficient (Wildman–Crippen LogP) is 3.96. The lowest BCUT2D eigenvalue weighted by molar-refractivity contribution is -0.112. The van der Waals surface area contributed by atoms with Crippen LogP contribution in [0.5, 0.6) is 0 Å². The van der Waals surface area contributed by atoms with Gasteiger partial charge in [-0.3, -0.25) is 14.3 Å². The van der Waals surface area contributed by atoms with Gasteiger partial charge in [0.2, 0.25) is 0 Å². The fourth-order valence-corrected chi connectivity index (χ4v) is 3.60. The number of benzene rings is 2. The van der Waals surface area contributed by atoms with Crippen molar-refractivity contribution in [3.05, 3.63) is 86.3 Å². The van der Waals surface area contributed by atoms with Crippen LogP contribution in [0.2, 0.25) is 0 Å². The van der Waals surface area contributed by atoms with Crippen molar-refractivity contribution in [1.82, 2.24) is 9.36 Å². The summed E-state index contributed by atoms with van der Waals surface area (Å²) in [6.45, 7) is 7.64. The first-order valence-electron chi connectivity index (χ1n) is 9.59. The number of carbonyl (C=O) groups is 1. The van der Waals surface area contributed by atoms with Crippen LogP contribution in [-0.2, 0) is 11.8 Å². The zero-order valence-corrected chi connectivity index (χ0v) is 17.8. The molecule has 3 rings (SSSR count). The number of para-hydroxylation sites is 1. The number of anilines is 1. The first kappa shape index (κ1) is 20.9.